The molecule has 0 heterocycles. The van der Waals surface area contributed by atoms with Crippen molar-refractivity contribution in [3.8, 4) is 0 Å². The van der Waals surface area contributed by atoms with Gasteiger partial charge in [-0.25, -0.2) is 0 Å². The van der Waals surface area contributed by atoms with Crippen LogP contribution in [0.15, 0.2) is 11.6 Å². The molecule has 124 valence electrons. The van der Waals surface area contributed by atoms with Crippen molar-refractivity contribution < 1.29 is 57.1 Å². The van der Waals surface area contributed by atoms with Crippen molar-refractivity contribution in [3.05, 3.63) is 11.6 Å². The van der Waals surface area contributed by atoms with Crippen LogP contribution in [0.4, 0.5) is 57.1 Å². The number of hydrogen-bond acceptors (Lipinski definition) is 0. The minimum atomic E-state index is -7.45. The molecule has 0 aromatic carbocycles. The van der Waals surface area contributed by atoms with Gasteiger partial charge >= 0.3 is 35.8 Å². The summed E-state index contributed by atoms with van der Waals surface area (Å²) in [5.41, 5.74) is -4.18. The Balaban J connectivity index is 3.86. The summed E-state index contributed by atoms with van der Waals surface area (Å²) in [6.45, 7) is 0. The summed E-state index contributed by atoms with van der Waals surface area (Å²) in [5.74, 6) is -35.6. The van der Waals surface area contributed by atoms with Crippen LogP contribution in [0.25, 0.3) is 0 Å². The largest absolute Gasteiger partial charge is 0.418 e. The molecule has 0 spiro atoms. The molecule has 0 saturated heterocycles. The van der Waals surface area contributed by atoms with Crippen LogP contribution < -0.4 is 0 Å². The van der Waals surface area contributed by atoms with Crippen molar-refractivity contribution in [1.82, 2.24) is 0 Å². The summed E-state index contributed by atoms with van der Waals surface area (Å²) in [7, 11) is 0. The molecule has 0 unspecified atom stereocenters. The molecule has 0 amide bonds. The quantitative estimate of drug-likeness (QED) is 0.443. The fourth-order valence-corrected chi connectivity index (χ4v) is 1.40. The molecule has 1 aliphatic rings. The van der Waals surface area contributed by atoms with Crippen LogP contribution in [-0.2, 0) is 0 Å². The molecular formula is C8HF13. The predicted octanol–water partition coefficient (Wildman–Crippen LogP) is 4.67. The van der Waals surface area contributed by atoms with Crippen LogP contribution in [0, 0.1) is 0 Å². The van der Waals surface area contributed by atoms with Crippen molar-refractivity contribution in [2.75, 3.05) is 0 Å². The van der Waals surface area contributed by atoms with Gasteiger partial charge in [0.05, 0.1) is 0 Å². The monoisotopic (exact) mass is 344 g/mol. The van der Waals surface area contributed by atoms with Gasteiger partial charge in [-0.15, -0.1) is 0 Å². The van der Waals surface area contributed by atoms with Crippen LogP contribution in [0.1, 0.15) is 0 Å². The van der Waals surface area contributed by atoms with Crippen LogP contribution in [0.3, 0.4) is 0 Å². The normalized spacial score (nSPS) is 29.5. The number of allylic oxidation sites excluding steroid dienone is 2. The summed E-state index contributed by atoms with van der Waals surface area (Å²) >= 11 is 0. The van der Waals surface area contributed by atoms with E-state index in [2.05, 4.69) is 0 Å². The fourth-order valence-electron chi connectivity index (χ4n) is 1.40. The van der Waals surface area contributed by atoms with Crippen LogP contribution >= 0.6 is 0 Å². The summed E-state index contributed by atoms with van der Waals surface area (Å²) in [6, 6.07) is 0. The molecule has 0 N–H and O–H groups in total. The third-order valence-electron chi connectivity index (χ3n) is 2.57. The minimum Gasteiger partial charge on any atom is -0.195 e. The molecule has 0 aromatic heterocycles. The Labute approximate surface area is 106 Å². The van der Waals surface area contributed by atoms with Gasteiger partial charge in [0, 0.05) is 6.08 Å². The third-order valence-corrected chi connectivity index (χ3v) is 2.57. The second-order valence-corrected chi connectivity index (χ2v) is 3.98. The van der Waals surface area contributed by atoms with E-state index in [-0.39, 0.29) is 0 Å². The van der Waals surface area contributed by atoms with E-state index in [1.54, 1.807) is 0 Å². The van der Waals surface area contributed by atoms with Gasteiger partial charge in [-0.2, -0.15) is 57.1 Å². The maximum absolute atomic E-state index is 12.9. The molecule has 0 fully saturated rings. The molecule has 0 aliphatic heterocycles. The zero-order chi connectivity index (χ0) is 17.3. The average Bonchev–Trinajstić information content (AvgIpc) is 2.23. The number of rotatable bonds is 0. The molecule has 0 bridgehead atoms. The maximum atomic E-state index is 12.9. The summed E-state index contributed by atoms with van der Waals surface area (Å²) in [6.07, 6.45) is -8.98. The maximum Gasteiger partial charge on any atom is 0.418 e. The van der Waals surface area contributed by atoms with E-state index in [1.807, 2.05) is 0 Å². The van der Waals surface area contributed by atoms with Gasteiger partial charge in [-0.05, 0) is 0 Å². The lowest BCUT2D eigenvalue weighted by Crippen LogP contribution is -2.65. The number of halogens is 13. The van der Waals surface area contributed by atoms with E-state index in [0.717, 1.165) is 0 Å². The average molecular weight is 344 g/mol. The van der Waals surface area contributed by atoms with Crippen LogP contribution in [-0.4, -0.2) is 35.8 Å². The molecular weight excluding hydrogens is 343 g/mol. The molecule has 0 atom stereocenters. The number of alkyl halides is 13. The van der Waals surface area contributed by atoms with Crippen molar-refractivity contribution >= 4 is 0 Å². The lowest BCUT2D eigenvalue weighted by Gasteiger charge is -2.36. The van der Waals surface area contributed by atoms with Crippen molar-refractivity contribution in [2.45, 2.75) is 35.8 Å². The van der Waals surface area contributed by atoms with E-state index in [4.69, 9.17) is 0 Å². The first-order valence-electron chi connectivity index (χ1n) is 4.53. The fraction of sp³-hybridized carbons (Fsp3) is 0.750. The lowest BCUT2D eigenvalue weighted by atomic mass is 9.96. The van der Waals surface area contributed by atoms with E-state index in [9.17, 15) is 57.1 Å². The smallest absolute Gasteiger partial charge is 0.195 e. The van der Waals surface area contributed by atoms with Gasteiger partial charge in [0.2, 0.25) is 0 Å². The SMILES string of the molecule is FC(F)(F)C1=CC(F)(F)C(F)(F)C(F)(F)C(F)(F)C1(F)F. The zero-order valence-corrected chi connectivity index (χ0v) is 8.99. The first kappa shape index (κ1) is 17.9. The Kier molecular flexibility index (Phi) is 3.38. The van der Waals surface area contributed by atoms with Gasteiger partial charge in [-0.1, -0.05) is 0 Å². The predicted molar refractivity (Wildman–Crippen MR) is 38.9 cm³/mol. The van der Waals surface area contributed by atoms with E-state index in [0.29, 0.717) is 0 Å². The standard InChI is InChI=1S/C8HF13/c9-3(10)1-2(5(13,14)15)4(11,12)7(18,19)8(20,21)6(3,16)17/h1H. The Morgan fingerprint density at radius 3 is 1.33 bits per heavy atom. The molecule has 0 radical (unpaired) electrons. The lowest BCUT2D eigenvalue weighted by molar-refractivity contribution is -0.384. The highest BCUT2D eigenvalue weighted by atomic mass is 19.4. The highest BCUT2D eigenvalue weighted by Gasteiger charge is 2.89. The number of hydrogen-bond donors (Lipinski definition) is 0. The van der Waals surface area contributed by atoms with E-state index >= 15 is 0 Å². The zero-order valence-electron chi connectivity index (χ0n) is 8.99. The van der Waals surface area contributed by atoms with Crippen molar-refractivity contribution in [3.63, 3.8) is 0 Å². The molecule has 0 saturated carbocycles. The van der Waals surface area contributed by atoms with Crippen LogP contribution in [0.2, 0.25) is 0 Å². The first-order valence-corrected chi connectivity index (χ1v) is 4.53. The first-order chi connectivity index (χ1) is 8.84. The van der Waals surface area contributed by atoms with Gasteiger partial charge < -0.3 is 0 Å². The molecule has 1 aliphatic carbocycles. The topological polar surface area (TPSA) is 0 Å². The van der Waals surface area contributed by atoms with Crippen molar-refractivity contribution in [1.29, 1.82) is 0 Å². The summed E-state index contributed by atoms with van der Waals surface area (Å²) in [4.78, 5) is 0. The molecule has 21 heavy (non-hydrogen) atoms. The second-order valence-electron chi connectivity index (χ2n) is 3.98. The molecule has 0 nitrogen and oxygen atoms in total. The van der Waals surface area contributed by atoms with E-state index in [1.165, 1.54) is 0 Å². The molecule has 1 rings (SSSR count). The molecule has 0 aromatic rings. The molecule has 13 heteroatoms. The Hall–Kier alpha value is -1.17. The Morgan fingerprint density at radius 1 is 0.619 bits per heavy atom. The Morgan fingerprint density at radius 2 is 1.00 bits per heavy atom. The van der Waals surface area contributed by atoms with Crippen molar-refractivity contribution in [2.24, 2.45) is 0 Å². The second kappa shape index (κ2) is 3.97. The van der Waals surface area contributed by atoms with E-state index < -0.39 is 47.4 Å². The highest BCUT2D eigenvalue weighted by molar-refractivity contribution is 5.33. The summed E-state index contributed by atoms with van der Waals surface area (Å²) in [5, 5.41) is 0. The van der Waals surface area contributed by atoms with Gasteiger partial charge in [0.15, 0.2) is 0 Å². The van der Waals surface area contributed by atoms with Gasteiger partial charge in [0.25, 0.3) is 0 Å². The van der Waals surface area contributed by atoms with Crippen LogP contribution in [0.5, 0.6) is 0 Å². The minimum absolute atomic E-state index is 2.30. The Bertz CT molecular complexity index is 465. The van der Waals surface area contributed by atoms with Gasteiger partial charge in [-0.3, -0.25) is 0 Å². The third kappa shape index (κ3) is 1.99. The van der Waals surface area contributed by atoms with Gasteiger partial charge in [0.1, 0.15) is 5.57 Å². The highest BCUT2D eigenvalue weighted by Crippen LogP contribution is 2.63. The summed E-state index contributed by atoms with van der Waals surface area (Å²) < 4.78 is 164.